The van der Waals surface area contributed by atoms with Gasteiger partial charge in [0.05, 0.1) is 0 Å². The molecule has 1 N–H and O–H groups in total. The summed E-state index contributed by atoms with van der Waals surface area (Å²) in [4.78, 5) is 23.2. The third-order valence-electron chi connectivity index (χ3n) is 10.1. The second kappa shape index (κ2) is 7.79. The van der Waals surface area contributed by atoms with Crippen LogP contribution >= 0.6 is 0 Å². The van der Waals surface area contributed by atoms with Crippen LogP contribution in [0, 0.1) is 34.5 Å². The molecule has 0 aromatic rings. The SMILES string of the molecule is CC(=O)OC[C@H](OC(C)=O)[C@@]1(O)CC[C@@H]2[C@@H]3CC[C@H]4CCCC[C@]4(C)[C@H]3CC[C@@]21C. The monoisotopic (exact) mass is 420 g/mol. The summed E-state index contributed by atoms with van der Waals surface area (Å²) in [5.74, 6) is 1.85. The molecular formula is C25H40O5. The molecule has 170 valence electrons. The van der Waals surface area contributed by atoms with Crippen molar-refractivity contribution in [2.24, 2.45) is 34.5 Å². The maximum Gasteiger partial charge on any atom is 0.303 e. The number of fused-ring (bicyclic) bond motifs is 5. The Morgan fingerprint density at radius 3 is 2.37 bits per heavy atom. The minimum absolute atomic E-state index is 0.0678. The number of rotatable bonds is 4. The van der Waals surface area contributed by atoms with E-state index in [1.165, 1.54) is 52.4 Å². The minimum atomic E-state index is -1.14. The molecule has 4 rings (SSSR count). The van der Waals surface area contributed by atoms with E-state index in [1.807, 2.05) is 0 Å². The molecular weight excluding hydrogens is 380 g/mol. The van der Waals surface area contributed by atoms with E-state index in [2.05, 4.69) is 13.8 Å². The zero-order chi connectivity index (χ0) is 21.7. The topological polar surface area (TPSA) is 72.8 Å². The lowest BCUT2D eigenvalue weighted by molar-refractivity contribution is -0.211. The predicted octanol–water partition coefficient (Wildman–Crippen LogP) is 4.65. The molecule has 5 nitrogen and oxygen atoms in total. The summed E-state index contributed by atoms with van der Waals surface area (Å²) in [5.41, 5.74) is -1.00. The maximum atomic E-state index is 12.0. The normalized spacial score (nSPS) is 46.2. The summed E-state index contributed by atoms with van der Waals surface area (Å²) in [6.07, 6.45) is 11.0. The van der Waals surface area contributed by atoms with Gasteiger partial charge < -0.3 is 14.6 Å². The Morgan fingerprint density at radius 2 is 1.67 bits per heavy atom. The predicted molar refractivity (Wildman–Crippen MR) is 113 cm³/mol. The van der Waals surface area contributed by atoms with Gasteiger partial charge in [0.25, 0.3) is 0 Å². The number of hydrogen-bond donors (Lipinski definition) is 1. The van der Waals surface area contributed by atoms with Crippen LogP contribution in [0.3, 0.4) is 0 Å². The number of hydrogen-bond acceptors (Lipinski definition) is 5. The Bertz CT molecular complexity index is 691. The van der Waals surface area contributed by atoms with E-state index in [4.69, 9.17) is 9.47 Å². The molecule has 4 saturated carbocycles. The van der Waals surface area contributed by atoms with Crippen molar-refractivity contribution >= 4 is 11.9 Å². The highest BCUT2D eigenvalue weighted by molar-refractivity contribution is 5.67. The lowest BCUT2D eigenvalue weighted by atomic mass is 9.44. The highest BCUT2D eigenvalue weighted by Crippen LogP contribution is 2.68. The molecule has 0 saturated heterocycles. The Kier molecular flexibility index (Phi) is 5.74. The summed E-state index contributed by atoms with van der Waals surface area (Å²) in [7, 11) is 0. The molecule has 0 heterocycles. The molecule has 5 heteroatoms. The van der Waals surface area contributed by atoms with Gasteiger partial charge in [-0.1, -0.05) is 26.7 Å². The summed E-state index contributed by atoms with van der Waals surface area (Å²) in [5, 5.41) is 12.0. The van der Waals surface area contributed by atoms with Gasteiger partial charge in [-0.2, -0.15) is 0 Å². The van der Waals surface area contributed by atoms with Crippen molar-refractivity contribution in [1.29, 1.82) is 0 Å². The van der Waals surface area contributed by atoms with Gasteiger partial charge in [0.1, 0.15) is 12.2 Å². The van der Waals surface area contributed by atoms with Crippen molar-refractivity contribution < 1.29 is 24.2 Å². The average Bonchev–Trinajstić information content (AvgIpc) is 2.96. The zero-order valence-electron chi connectivity index (χ0n) is 19.2. The van der Waals surface area contributed by atoms with Crippen LogP contribution in [0.2, 0.25) is 0 Å². The molecule has 4 aliphatic carbocycles. The summed E-state index contributed by atoms with van der Waals surface area (Å²) in [6, 6.07) is 0. The van der Waals surface area contributed by atoms with Crippen LogP contribution in [0.1, 0.15) is 91.9 Å². The zero-order valence-corrected chi connectivity index (χ0v) is 19.2. The molecule has 4 aliphatic rings. The number of carbonyl (C=O) groups is 2. The fourth-order valence-electron chi connectivity index (χ4n) is 8.54. The second-order valence-electron chi connectivity index (χ2n) is 11.2. The Balaban J connectivity index is 1.60. The Morgan fingerprint density at radius 1 is 0.933 bits per heavy atom. The molecule has 0 aromatic carbocycles. The average molecular weight is 421 g/mol. The smallest absolute Gasteiger partial charge is 0.303 e. The molecule has 0 spiro atoms. The van der Waals surface area contributed by atoms with Crippen LogP contribution in [0.4, 0.5) is 0 Å². The summed E-state index contributed by atoms with van der Waals surface area (Å²) in [6.45, 7) is 7.41. The van der Waals surface area contributed by atoms with E-state index < -0.39 is 23.6 Å². The van der Waals surface area contributed by atoms with E-state index >= 15 is 0 Å². The largest absolute Gasteiger partial charge is 0.462 e. The van der Waals surface area contributed by atoms with Gasteiger partial charge in [-0.15, -0.1) is 0 Å². The van der Waals surface area contributed by atoms with Crippen molar-refractivity contribution in [2.45, 2.75) is 104 Å². The summed E-state index contributed by atoms with van der Waals surface area (Å²) >= 11 is 0. The molecule has 0 aromatic heterocycles. The van der Waals surface area contributed by atoms with Crippen LogP contribution in [0.25, 0.3) is 0 Å². The van der Waals surface area contributed by atoms with E-state index in [-0.39, 0.29) is 12.0 Å². The molecule has 0 radical (unpaired) electrons. The van der Waals surface area contributed by atoms with Gasteiger partial charge >= 0.3 is 11.9 Å². The van der Waals surface area contributed by atoms with Gasteiger partial charge in [-0.3, -0.25) is 9.59 Å². The molecule has 0 amide bonds. The minimum Gasteiger partial charge on any atom is -0.462 e. The molecule has 4 fully saturated rings. The molecule has 30 heavy (non-hydrogen) atoms. The lowest BCUT2D eigenvalue weighted by Crippen LogP contribution is -2.61. The highest BCUT2D eigenvalue weighted by Gasteiger charge is 2.67. The number of aliphatic hydroxyl groups is 1. The first kappa shape index (κ1) is 22.1. The van der Waals surface area contributed by atoms with Gasteiger partial charge in [0, 0.05) is 19.3 Å². The van der Waals surface area contributed by atoms with Gasteiger partial charge in [-0.05, 0) is 80.5 Å². The van der Waals surface area contributed by atoms with Gasteiger partial charge in [0.2, 0.25) is 0 Å². The quantitative estimate of drug-likeness (QED) is 0.671. The molecule has 0 unspecified atom stereocenters. The van der Waals surface area contributed by atoms with E-state index in [0.717, 1.165) is 31.1 Å². The third kappa shape index (κ3) is 3.30. The number of ether oxygens (including phenoxy) is 2. The van der Waals surface area contributed by atoms with Crippen molar-refractivity contribution in [2.75, 3.05) is 6.61 Å². The van der Waals surface area contributed by atoms with E-state index in [9.17, 15) is 14.7 Å². The Labute approximate surface area is 181 Å². The van der Waals surface area contributed by atoms with Crippen LogP contribution in [0.15, 0.2) is 0 Å². The summed E-state index contributed by atoms with van der Waals surface area (Å²) < 4.78 is 10.8. The molecule has 0 aliphatic heterocycles. The van der Waals surface area contributed by atoms with Crippen molar-refractivity contribution in [3.8, 4) is 0 Å². The first-order chi connectivity index (χ1) is 14.1. The lowest BCUT2D eigenvalue weighted by Gasteiger charge is -2.61. The second-order valence-corrected chi connectivity index (χ2v) is 11.2. The Hall–Kier alpha value is -1.10. The van der Waals surface area contributed by atoms with Gasteiger partial charge in [0.15, 0.2) is 6.10 Å². The molecule has 0 bridgehead atoms. The third-order valence-corrected chi connectivity index (χ3v) is 10.1. The van der Waals surface area contributed by atoms with Crippen LogP contribution < -0.4 is 0 Å². The van der Waals surface area contributed by atoms with Crippen LogP contribution in [-0.4, -0.2) is 35.4 Å². The van der Waals surface area contributed by atoms with E-state index in [0.29, 0.717) is 23.7 Å². The van der Waals surface area contributed by atoms with Crippen molar-refractivity contribution in [1.82, 2.24) is 0 Å². The van der Waals surface area contributed by atoms with Crippen LogP contribution in [0.5, 0.6) is 0 Å². The van der Waals surface area contributed by atoms with Crippen molar-refractivity contribution in [3.63, 3.8) is 0 Å². The number of carbonyl (C=O) groups excluding carboxylic acids is 2. The first-order valence-corrected chi connectivity index (χ1v) is 12.1. The first-order valence-electron chi connectivity index (χ1n) is 12.1. The van der Waals surface area contributed by atoms with E-state index in [1.54, 1.807) is 0 Å². The standard InChI is InChI=1S/C25H40O5/c1-16(26)29-15-22(30-17(2)27)25(28)14-11-21-19-9-8-18-7-5-6-12-23(18,3)20(19)10-13-24(21,25)4/h18-22,28H,5-15H2,1-4H3/t18-,19-,20+,21-,22+,23+,24+,25+/m1/s1. The highest BCUT2D eigenvalue weighted by atomic mass is 16.6. The van der Waals surface area contributed by atoms with Crippen LogP contribution in [-0.2, 0) is 19.1 Å². The molecule has 8 atom stereocenters. The maximum absolute atomic E-state index is 12.0. The fourth-order valence-corrected chi connectivity index (χ4v) is 8.54. The fraction of sp³-hybridized carbons (Fsp3) is 0.920. The van der Waals surface area contributed by atoms with Crippen molar-refractivity contribution in [3.05, 3.63) is 0 Å². The van der Waals surface area contributed by atoms with Gasteiger partial charge in [-0.25, -0.2) is 0 Å². The number of esters is 2.